The second kappa shape index (κ2) is 49.3. The Morgan fingerprint density at radius 2 is 0.797 bits per heavy atom. The van der Waals surface area contributed by atoms with Crippen LogP contribution in [0.4, 0.5) is 0 Å². The summed E-state index contributed by atoms with van der Waals surface area (Å²) in [5.41, 5.74) is 0. The van der Waals surface area contributed by atoms with Gasteiger partial charge < -0.3 is 20.3 Å². The molecule has 0 aromatic heterocycles. The van der Waals surface area contributed by atoms with Crippen LogP contribution in [0.2, 0.25) is 0 Å². The molecular formula is C53H103NO5. The lowest BCUT2D eigenvalue weighted by atomic mass is 10.0. The van der Waals surface area contributed by atoms with Crippen LogP contribution in [-0.4, -0.2) is 47.4 Å². The van der Waals surface area contributed by atoms with Crippen LogP contribution >= 0.6 is 0 Å². The Bertz CT molecular complexity index is 878. The minimum atomic E-state index is -0.678. The lowest BCUT2D eigenvalue weighted by Crippen LogP contribution is -2.45. The van der Waals surface area contributed by atoms with Crippen LogP contribution in [0.3, 0.4) is 0 Å². The number of aliphatic hydroxyl groups is 2. The lowest BCUT2D eigenvalue weighted by Gasteiger charge is -2.22. The summed E-state index contributed by atoms with van der Waals surface area (Å²) < 4.78 is 5.46. The molecule has 6 heteroatoms. The molecular weight excluding hydrogens is 731 g/mol. The van der Waals surface area contributed by atoms with Crippen molar-refractivity contribution in [2.45, 2.75) is 302 Å². The van der Waals surface area contributed by atoms with Crippen molar-refractivity contribution < 1.29 is 24.5 Å². The number of allylic oxidation sites excluding steroid dienone is 2. The van der Waals surface area contributed by atoms with Crippen molar-refractivity contribution in [1.82, 2.24) is 5.32 Å². The van der Waals surface area contributed by atoms with Crippen molar-refractivity contribution in [3.05, 3.63) is 12.2 Å². The SMILES string of the molecule is CCCCCCCCC/C=C\CCCCCCCC(=O)OCCCCCCCCCCCCC(=O)NC(CO)C(O)CCCCCCCCCCCCCCCCCC. The molecule has 0 spiro atoms. The lowest BCUT2D eigenvalue weighted by molar-refractivity contribution is -0.143. The minimum absolute atomic E-state index is 0.0256. The fourth-order valence-electron chi connectivity index (χ4n) is 8.22. The zero-order chi connectivity index (χ0) is 43.0. The van der Waals surface area contributed by atoms with Gasteiger partial charge in [-0.05, 0) is 51.4 Å². The highest BCUT2D eigenvalue weighted by atomic mass is 16.5. The van der Waals surface area contributed by atoms with Gasteiger partial charge >= 0.3 is 5.97 Å². The Balaban J connectivity index is 3.47. The number of rotatable bonds is 49. The minimum Gasteiger partial charge on any atom is -0.466 e. The molecule has 0 bridgehead atoms. The number of aliphatic hydroxyl groups excluding tert-OH is 2. The molecule has 0 saturated carbocycles. The Hall–Kier alpha value is -1.40. The van der Waals surface area contributed by atoms with E-state index in [2.05, 4.69) is 31.3 Å². The predicted molar refractivity (Wildman–Crippen MR) is 255 cm³/mol. The number of carbonyl (C=O) groups excluding carboxylic acids is 2. The molecule has 0 fully saturated rings. The number of carbonyl (C=O) groups is 2. The fraction of sp³-hybridized carbons (Fsp3) is 0.925. The molecule has 0 aromatic carbocycles. The molecule has 350 valence electrons. The Morgan fingerprint density at radius 3 is 1.20 bits per heavy atom. The summed E-state index contributed by atoms with van der Waals surface area (Å²) in [6.07, 6.45) is 56.0. The van der Waals surface area contributed by atoms with Gasteiger partial charge in [-0.2, -0.15) is 0 Å². The summed E-state index contributed by atoms with van der Waals surface area (Å²) in [6, 6.07) is -0.558. The van der Waals surface area contributed by atoms with E-state index in [0.29, 0.717) is 25.9 Å². The van der Waals surface area contributed by atoms with Gasteiger partial charge in [0.1, 0.15) is 0 Å². The first-order valence-electron chi connectivity index (χ1n) is 26.4. The molecule has 59 heavy (non-hydrogen) atoms. The first-order valence-corrected chi connectivity index (χ1v) is 26.4. The van der Waals surface area contributed by atoms with E-state index in [4.69, 9.17) is 4.74 Å². The molecule has 2 unspecified atom stereocenters. The molecule has 0 aliphatic rings. The molecule has 0 aliphatic heterocycles. The molecule has 0 aliphatic carbocycles. The summed E-state index contributed by atoms with van der Waals surface area (Å²) in [6.45, 7) is 4.91. The molecule has 0 aromatic rings. The number of unbranched alkanes of at least 4 members (excludes halogenated alkanes) is 36. The van der Waals surface area contributed by atoms with E-state index in [0.717, 1.165) is 57.8 Å². The summed E-state index contributed by atoms with van der Waals surface area (Å²) in [7, 11) is 0. The van der Waals surface area contributed by atoms with Gasteiger partial charge in [-0.3, -0.25) is 9.59 Å². The summed E-state index contributed by atoms with van der Waals surface area (Å²) in [4.78, 5) is 24.5. The number of amides is 1. The fourth-order valence-corrected chi connectivity index (χ4v) is 8.22. The molecule has 0 saturated heterocycles. The summed E-state index contributed by atoms with van der Waals surface area (Å²) in [5.74, 6) is -0.0821. The monoisotopic (exact) mass is 834 g/mol. The van der Waals surface area contributed by atoms with Crippen molar-refractivity contribution in [2.24, 2.45) is 0 Å². The molecule has 0 heterocycles. The highest BCUT2D eigenvalue weighted by molar-refractivity contribution is 5.76. The third-order valence-electron chi connectivity index (χ3n) is 12.3. The van der Waals surface area contributed by atoms with Crippen LogP contribution in [-0.2, 0) is 14.3 Å². The van der Waals surface area contributed by atoms with Crippen LogP contribution in [0.25, 0.3) is 0 Å². The first kappa shape index (κ1) is 57.6. The van der Waals surface area contributed by atoms with Gasteiger partial charge in [-0.1, -0.05) is 238 Å². The number of esters is 1. The van der Waals surface area contributed by atoms with E-state index < -0.39 is 12.1 Å². The van der Waals surface area contributed by atoms with E-state index in [1.807, 2.05) is 0 Å². The van der Waals surface area contributed by atoms with Crippen molar-refractivity contribution in [3.63, 3.8) is 0 Å². The van der Waals surface area contributed by atoms with E-state index in [9.17, 15) is 19.8 Å². The maximum absolute atomic E-state index is 12.5. The van der Waals surface area contributed by atoms with Crippen molar-refractivity contribution in [2.75, 3.05) is 13.2 Å². The average Bonchev–Trinajstić information content (AvgIpc) is 3.24. The molecule has 6 nitrogen and oxygen atoms in total. The van der Waals surface area contributed by atoms with E-state index in [1.54, 1.807) is 0 Å². The second-order valence-corrected chi connectivity index (χ2v) is 18.2. The van der Waals surface area contributed by atoms with Crippen molar-refractivity contribution >= 4 is 11.9 Å². The number of nitrogens with one attached hydrogen (secondary N) is 1. The number of hydrogen-bond donors (Lipinski definition) is 3. The topological polar surface area (TPSA) is 95.9 Å². The Morgan fingerprint density at radius 1 is 0.458 bits per heavy atom. The quantitative estimate of drug-likeness (QED) is 0.0322. The van der Waals surface area contributed by atoms with Gasteiger partial charge in [-0.15, -0.1) is 0 Å². The standard InChI is InChI=1S/C53H103NO5/c1-3-5-7-9-11-13-15-17-19-21-23-25-29-33-37-41-45-51(56)50(49-55)54-52(57)46-42-38-34-30-27-28-32-36-40-44-48-59-53(58)47-43-39-35-31-26-24-22-20-18-16-14-12-10-8-6-4-2/h20,22,50-51,55-56H,3-19,21,23-49H2,1-2H3,(H,54,57)/b22-20-. The van der Waals surface area contributed by atoms with Gasteiger partial charge in [0, 0.05) is 12.8 Å². The third-order valence-corrected chi connectivity index (χ3v) is 12.3. The van der Waals surface area contributed by atoms with Crippen LogP contribution in [0.1, 0.15) is 290 Å². The van der Waals surface area contributed by atoms with E-state index in [-0.39, 0.29) is 18.5 Å². The maximum Gasteiger partial charge on any atom is 0.305 e. The van der Waals surface area contributed by atoms with Gasteiger partial charge in [-0.25, -0.2) is 0 Å². The van der Waals surface area contributed by atoms with Gasteiger partial charge in [0.2, 0.25) is 5.91 Å². The normalized spacial score (nSPS) is 12.7. The van der Waals surface area contributed by atoms with E-state index in [1.165, 1.54) is 199 Å². The zero-order valence-corrected chi connectivity index (χ0v) is 39.7. The highest BCUT2D eigenvalue weighted by Crippen LogP contribution is 2.17. The predicted octanol–water partition coefficient (Wildman–Crippen LogP) is 15.7. The molecule has 3 N–H and O–H groups in total. The second-order valence-electron chi connectivity index (χ2n) is 18.2. The van der Waals surface area contributed by atoms with Crippen LogP contribution < -0.4 is 5.32 Å². The average molecular weight is 834 g/mol. The smallest absolute Gasteiger partial charge is 0.305 e. The Kier molecular flexibility index (Phi) is 48.1. The van der Waals surface area contributed by atoms with Crippen LogP contribution in [0, 0.1) is 0 Å². The third kappa shape index (κ3) is 45.9. The van der Waals surface area contributed by atoms with Gasteiger partial charge in [0.15, 0.2) is 0 Å². The van der Waals surface area contributed by atoms with Crippen molar-refractivity contribution in [1.29, 1.82) is 0 Å². The molecule has 0 rings (SSSR count). The zero-order valence-electron chi connectivity index (χ0n) is 39.7. The van der Waals surface area contributed by atoms with E-state index >= 15 is 0 Å². The first-order chi connectivity index (χ1) is 29.0. The Labute approximate surface area is 368 Å². The maximum atomic E-state index is 12.5. The largest absolute Gasteiger partial charge is 0.466 e. The van der Waals surface area contributed by atoms with Gasteiger partial charge in [0.05, 0.1) is 25.4 Å². The van der Waals surface area contributed by atoms with Crippen LogP contribution in [0.15, 0.2) is 12.2 Å². The molecule has 0 radical (unpaired) electrons. The number of hydrogen-bond acceptors (Lipinski definition) is 5. The van der Waals surface area contributed by atoms with Crippen LogP contribution in [0.5, 0.6) is 0 Å². The molecule has 1 amide bonds. The summed E-state index contributed by atoms with van der Waals surface area (Å²) >= 11 is 0. The highest BCUT2D eigenvalue weighted by Gasteiger charge is 2.20. The molecule has 2 atom stereocenters. The number of ether oxygens (including phenoxy) is 1. The summed E-state index contributed by atoms with van der Waals surface area (Å²) in [5, 5.41) is 23.2. The van der Waals surface area contributed by atoms with Crippen molar-refractivity contribution in [3.8, 4) is 0 Å². The van der Waals surface area contributed by atoms with Gasteiger partial charge in [0.25, 0.3) is 0 Å².